The third-order valence-corrected chi connectivity index (χ3v) is 3.86. The summed E-state index contributed by atoms with van der Waals surface area (Å²) in [6.07, 6.45) is 3.92. The predicted octanol–water partition coefficient (Wildman–Crippen LogP) is 2.84. The van der Waals surface area contributed by atoms with Gasteiger partial charge in [0.25, 0.3) is 0 Å². The number of aliphatic imine (C=N–C) groups is 1. The van der Waals surface area contributed by atoms with Crippen LogP contribution >= 0.6 is 0 Å². The van der Waals surface area contributed by atoms with Crippen molar-refractivity contribution in [2.24, 2.45) is 4.99 Å². The second kappa shape index (κ2) is 10.3. The van der Waals surface area contributed by atoms with Gasteiger partial charge < -0.3 is 15.5 Å². The minimum Gasteiger partial charge on any atom is -0.378 e. The molecule has 1 aromatic heterocycles. The number of hydrogen-bond donors (Lipinski definition) is 2. The molecule has 0 aliphatic rings. The molecule has 5 nitrogen and oxygen atoms in total. The van der Waals surface area contributed by atoms with Gasteiger partial charge in [-0.2, -0.15) is 0 Å². The van der Waals surface area contributed by atoms with E-state index in [2.05, 4.69) is 70.8 Å². The fourth-order valence-electron chi connectivity index (χ4n) is 2.45. The highest BCUT2D eigenvalue weighted by molar-refractivity contribution is 5.79. The van der Waals surface area contributed by atoms with Crippen LogP contribution in [0.25, 0.3) is 0 Å². The minimum absolute atomic E-state index is 0.585. The first kappa shape index (κ1) is 18.8. The van der Waals surface area contributed by atoms with Crippen molar-refractivity contribution >= 4 is 11.6 Å². The zero-order valence-corrected chi connectivity index (χ0v) is 15.5. The molecule has 134 valence electrons. The predicted molar refractivity (Wildman–Crippen MR) is 106 cm³/mol. The van der Waals surface area contributed by atoms with Crippen LogP contribution in [-0.4, -0.2) is 38.1 Å². The Morgan fingerprint density at radius 1 is 1.08 bits per heavy atom. The van der Waals surface area contributed by atoms with Crippen molar-refractivity contribution in [2.45, 2.75) is 26.3 Å². The largest absolute Gasteiger partial charge is 0.378 e. The topological polar surface area (TPSA) is 52.6 Å². The molecule has 0 atom stereocenters. The number of aryl methyl sites for hydroxylation is 1. The number of aromatic nitrogens is 1. The molecule has 0 spiro atoms. The summed E-state index contributed by atoms with van der Waals surface area (Å²) in [6.45, 7) is 4.40. The quantitative estimate of drug-likeness (QED) is 0.441. The van der Waals surface area contributed by atoms with Gasteiger partial charge in [-0.15, -0.1) is 0 Å². The number of benzene rings is 1. The van der Waals surface area contributed by atoms with Gasteiger partial charge in [0.15, 0.2) is 5.96 Å². The molecular formula is C20H29N5. The van der Waals surface area contributed by atoms with E-state index in [9.17, 15) is 0 Å². The number of anilines is 1. The van der Waals surface area contributed by atoms with Crippen LogP contribution in [0.3, 0.4) is 0 Å². The molecule has 0 aliphatic carbocycles. The van der Waals surface area contributed by atoms with Crippen molar-refractivity contribution in [1.29, 1.82) is 0 Å². The van der Waals surface area contributed by atoms with Crippen molar-refractivity contribution < 1.29 is 0 Å². The van der Waals surface area contributed by atoms with Crippen LogP contribution in [0.1, 0.15) is 24.6 Å². The number of guanidine groups is 1. The van der Waals surface area contributed by atoms with E-state index in [1.54, 1.807) is 6.20 Å². The average Bonchev–Trinajstić information content (AvgIpc) is 2.64. The smallest absolute Gasteiger partial charge is 0.191 e. The van der Waals surface area contributed by atoms with Gasteiger partial charge in [0, 0.05) is 39.1 Å². The van der Waals surface area contributed by atoms with Crippen molar-refractivity contribution in [1.82, 2.24) is 15.6 Å². The number of hydrogen-bond acceptors (Lipinski definition) is 3. The van der Waals surface area contributed by atoms with Crippen LogP contribution in [0, 0.1) is 0 Å². The van der Waals surface area contributed by atoms with Crippen molar-refractivity contribution in [3.8, 4) is 0 Å². The fraction of sp³-hybridized carbons (Fsp3) is 0.400. The molecule has 25 heavy (non-hydrogen) atoms. The number of pyridine rings is 1. The van der Waals surface area contributed by atoms with Gasteiger partial charge in [0.2, 0.25) is 0 Å². The lowest BCUT2D eigenvalue weighted by atomic mass is 10.1. The molecule has 5 heteroatoms. The Morgan fingerprint density at radius 2 is 1.88 bits per heavy atom. The van der Waals surface area contributed by atoms with Crippen molar-refractivity contribution in [3.63, 3.8) is 0 Å². The molecule has 0 radical (unpaired) electrons. The summed E-state index contributed by atoms with van der Waals surface area (Å²) in [6, 6.07) is 14.6. The maximum absolute atomic E-state index is 4.59. The van der Waals surface area contributed by atoms with Gasteiger partial charge in [-0.05, 0) is 49.6 Å². The number of rotatable bonds is 8. The molecule has 0 aliphatic heterocycles. The maximum Gasteiger partial charge on any atom is 0.191 e. The summed E-state index contributed by atoms with van der Waals surface area (Å²) in [5, 5.41) is 6.67. The Bertz CT molecular complexity index is 635. The minimum atomic E-state index is 0.585. The van der Waals surface area contributed by atoms with Gasteiger partial charge in [-0.25, -0.2) is 4.99 Å². The van der Waals surface area contributed by atoms with Crippen molar-refractivity contribution in [2.75, 3.05) is 32.1 Å². The Morgan fingerprint density at radius 3 is 2.52 bits per heavy atom. The average molecular weight is 339 g/mol. The zero-order chi connectivity index (χ0) is 17.9. The van der Waals surface area contributed by atoms with E-state index in [1.807, 2.05) is 18.2 Å². The van der Waals surface area contributed by atoms with Crippen LogP contribution in [-0.2, 0) is 13.0 Å². The third kappa shape index (κ3) is 6.83. The molecule has 2 rings (SSSR count). The van der Waals surface area contributed by atoms with Crippen molar-refractivity contribution in [3.05, 3.63) is 59.9 Å². The second-order valence-corrected chi connectivity index (χ2v) is 6.11. The maximum atomic E-state index is 4.59. The Hall–Kier alpha value is -2.56. The first-order valence-electron chi connectivity index (χ1n) is 8.87. The summed E-state index contributed by atoms with van der Waals surface area (Å²) < 4.78 is 0. The van der Waals surface area contributed by atoms with Crippen LogP contribution in [0.4, 0.5) is 5.69 Å². The van der Waals surface area contributed by atoms with E-state index in [-0.39, 0.29) is 0 Å². The molecule has 0 amide bonds. The molecule has 0 bridgehead atoms. The summed E-state index contributed by atoms with van der Waals surface area (Å²) in [5.41, 5.74) is 3.57. The van der Waals surface area contributed by atoms with E-state index < -0.39 is 0 Å². The highest BCUT2D eigenvalue weighted by Gasteiger charge is 2.00. The third-order valence-electron chi connectivity index (χ3n) is 3.86. The molecule has 1 heterocycles. The van der Waals surface area contributed by atoms with E-state index in [0.29, 0.717) is 6.54 Å². The molecule has 0 saturated carbocycles. The lowest BCUT2D eigenvalue weighted by molar-refractivity contribution is 0.742. The standard InChI is InChI=1S/C20H29N5/c1-4-21-20(24-16-18-9-5-6-14-22-18)23-15-7-8-17-10-12-19(13-11-17)25(2)3/h5-6,9-14H,4,7-8,15-16H2,1-3H3,(H2,21,23,24). The monoisotopic (exact) mass is 339 g/mol. The molecule has 2 aromatic rings. The molecule has 0 fully saturated rings. The SMILES string of the molecule is CCNC(=NCc1ccccn1)NCCCc1ccc(N(C)C)cc1. The number of nitrogens with one attached hydrogen (secondary N) is 2. The fourth-order valence-corrected chi connectivity index (χ4v) is 2.45. The van der Waals surface area contributed by atoms with Crippen LogP contribution in [0.15, 0.2) is 53.7 Å². The lowest BCUT2D eigenvalue weighted by Gasteiger charge is -2.13. The second-order valence-electron chi connectivity index (χ2n) is 6.11. The van der Waals surface area contributed by atoms with Gasteiger partial charge >= 0.3 is 0 Å². The molecule has 2 N–H and O–H groups in total. The summed E-state index contributed by atoms with van der Waals surface area (Å²) in [5.74, 6) is 0.844. The Labute approximate surface area is 151 Å². The highest BCUT2D eigenvalue weighted by Crippen LogP contribution is 2.13. The van der Waals surface area contributed by atoms with Gasteiger partial charge in [0.1, 0.15) is 0 Å². The van der Waals surface area contributed by atoms with Gasteiger partial charge in [-0.1, -0.05) is 18.2 Å². The van der Waals surface area contributed by atoms with E-state index in [1.165, 1.54) is 11.3 Å². The first-order chi connectivity index (χ1) is 12.2. The van der Waals surface area contributed by atoms with Crippen LogP contribution in [0.2, 0.25) is 0 Å². The van der Waals surface area contributed by atoms with E-state index in [0.717, 1.165) is 37.6 Å². The summed E-state index contributed by atoms with van der Waals surface area (Å²) in [7, 11) is 4.12. The first-order valence-corrected chi connectivity index (χ1v) is 8.87. The zero-order valence-electron chi connectivity index (χ0n) is 15.5. The number of nitrogens with zero attached hydrogens (tertiary/aromatic N) is 3. The van der Waals surface area contributed by atoms with Crippen LogP contribution in [0.5, 0.6) is 0 Å². The summed E-state index contributed by atoms with van der Waals surface area (Å²) in [4.78, 5) is 11.0. The Kier molecular flexibility index (Phi) is 7.76. The van der Waals surface area contributed by atoms with Gasteiger partial charge in [-0.3, -0.25) is 4.98 Å². The van der Waals surface area contributed by atoms with E-state index >= 15 is 0 Å². The van der Waals surface area contributed by atoms with Crippen LogP contribution < -0.4 is 15.5 Å². The molecule has 0 saturated heterocycles. The normalized spacial score (nSPS) is 11.2. The highest BCUT2D eigenvalue weighted by atomic mass is 15.2. The summed E-state index contributed by atoms with van der Waals surface area (Å²) >= 11 is 0. The lowest BCUT2D eigenvalue weighted by Crippen LogP contribution is -2.37. The molecule has 0 unspecified atom stereocenters. The van der Waals surface area contributed by atoms with E-state index in [4.69, 9.17) is 0 Å². The molecular weight excluding hydrogens is 310 g/mol. The Balaban J connectivity index is 1.77. The molecule has 1 aromatic carbocycles. The van der Waals surface area contributed by atoms with Gasteiger partial charge in [0.05, 0.1) is 12.2 Å².